The van der Waals surface area contributed by atoms with E-state index in [-0.39, 0.29) is 17.4 Å². The Bertz CT molecular complexity index is 769. The van der Waals surface area contributed by atoms with Gasteiger partial charge in [-0.1, -0.05) is 29.4 Å². The number of rotatable bonds is 4. The summed E-state index contributed by atoms with van der Waals surface area (Å²) in [5.74, 6) is -1.13. The Hall–Kier alpha value is -2.15. The van der Waals surface area contributed by atoms with Gasteiger partial charge in [0.2, 0.25) is 15.9 Å². The van der Waals surface area contributed by atoms with E-state index in [1.807, 2.05) is 24.3 Å². The van der Waals surface area contributed by atoms with Gasteiger partial charge in [0.1, 0.15) is 17.7 Å². The molecule has 7 heteroatoms. The fourth-order valence-electron chi connectivity index (χ4n) is 2.70. The summed E-state index contributed by atoms with van der Waals surface area (Å²) in [7, 11) is -3.75. The average Bonchev–Trinajstić information content (AvgIpc) is 2.98. The number of nitrogens with zero attached hydrogens (tertiary/aromatic N) is 1. The Morgan fingerprint density at radius 3 is 2.77 bits per heavy atom. The molecule has 1 aromatic heterocycles. The Kier molecular flexibility index (Phi) is 3.98. The summed E-state index contributed by atoms with van der Waals surface area (Å²) < 4.78 is 30.7. The number of amides is 1. The highest BCUT2D eigenvalue weighted by atomic mass is 32.2. The molecule has 1 amide bonds. The van der Waals surface area contributed by atoms with Crippen LogP contribution in [0.2, 0.25) is 0 Å². The maximum absolute atomic E-state index is 12.2. The number of hydrogen-bond donors (Lipinski definition) is 1. The smallest absolute Gasteiger partial charge is 0.240 e. The van der Waals surface area contributed by atoms with Crippen molar-refractivity contribution in [1.29, 1.82) is 0 Å². The molecular weight excluding hydrogens is 304 g/mol. The Morgan fingerprint density at radius 1 is 1.27 bits per heavy atom. The van der Waals surface area contributed by atoms with Gasteiger partial charge in [-0.3, -0.25) is 9.52 Å². The molecule has 1 atom stereocenters. The largest absolute Gasteiger partial charge is 0.364 e. The first-order chi connectivity index (χ1) is 10.5. The van der Waals surface area contributed by atoms with Crippen molar-refractivity contribution in [2.24, 2.45) is 5.92 Å². The summed E-state index contributed by atoms with van der Waals surface area (Å²) in [6.45, 7) is 0. The van der Waals surface area contributed by atoms with Crippen molar-refractivity contribution in [3.8, 4) is 0 Å². The van der Waals surface area contributed by atoms with Crippen molar-refractivity contribution in [1.82, 2.24) is 9.88 Å². The lowest BCUT2D eigenvalue weighted by atomic mass is 9.84. The minimum atomic E-state index is -3.75. The van der Waals surface area contributed by atoms with E-state index in [0.717, 1.165) is 12.0 Å². The van der Waals surface area contributed by atoms with E-state index in [4.69, 9.17) is 0 Å². The van der Waals surface area contributed by atoms with Crippen LogP contribution in [-0.2, 0) is 33.4 Å². The molecule has 1 heterocycles. The Labute approximate surface area is 128 Å². The molecule has 0 saturated carbocycles. The summed E-state index contributed by atoms with van der Waals surface area (Å²) in [4.78, 5) is 12.2. The third kappa shape index (κ3) is 3.36. The van der Waals surface area contributed by atoms with E-state index in [1.54, 1.807) is 0 Å². The number of aromatic nitrogens is 1. The molecule has 2 aromatic rings. The summed E-state index contributed by atoms with van der Waals surface area (Å²) in [6.07, 6.45) is 3.31. The molecule has 0 fully saturated rings. The van der Waals surface area contributed by atoms with Crippen molar-refractivity contribution in [2.75, 3.05) is 0 Å². The Balaban J connectivity index is 1.65. The Morgan fingerprint density at radius 2 is 2.05 bits per heavy atom. The van der Waals surface area contributed by atoms with Crippen molar-refractivity contribution in [3.05, 3.63) is 53.4 Å². The molecule has 1 aromatic carbocycles. The van der Waals surface area contributed by atoms with Crippen LogP contribution in [0.3, 0.4) is 0 Å². The summed E-state index contributed by atoms with van der Waals surface area (Å²) in [5.41, 5.74) is 2.62. The molecule has 1 aliphatic carbocycles. The number of carbonyl (C=O) groups excluding carboxylic acids is 1. The van der Waals surface area contributed by atoms with Gasteiger partial charge >= 0.3 is 0 Å². The topological polar surface area (TPSA) is 89.3 Å². The molecule has 0 radical (unpaired) electrons. The van der Waals surface area contributed by atoms with Crippen molar-refractivity contribution < 1.29 is 17.7 Å². The van der Waals surface area contributed by atoms with Gasteiger partial charge in [0, 0.05) is 12.0 Å². The standard InChI is InChI=1S/C15H16N2O4S/c18-15(17-22(19,20)10-14-7-8-21-16-14)13-6-5-11-3-1-2-4-12(11)9-13/h1-4,7-8,13H,5-6,9-10H2,(H,17,18). The second-order valence-corrected chi connectivity index (χ2v) is 7.15. The second kappa shape index (κ2) is 5.92. The number of aryl methyl sites for hydroxylation is 1. The number of sulfonamides is 1. The van der Waals surface area contributed by atoms with Gasteiger partial charge in [-0.2, -0.15) is 0 Å². The normalized spacial score (nSPS) is 17.7. The van der Waals surface area contributed by atoms with Crippen LogP contribution >= 0.6 is 0 Å². The van der Waals surface area contributed by atoms with Crippen LogP contribution in [0.1, 0.15) is 23.2 Å². The second-order valence-electron chi connectivity index (χ2n) is 5.42. The lowest BCUT2D eigenvalue weighted by Gasteiger charge is -2.23. The molecule has 6 nitrogen and oxygen atoms in total. The van der Waals surface area contributed by atoms with Crippen LogP contribution in [0.4, 0.5) is 0 Å². The minimum Gasteiger partial charge on any atom is -0.364 e. The highest BCUT2D eigenvalue weighted by molar-refractivity contribution is 7.89. The van der Waals surface area contributed by atoms with Gasteiger partial charge in [0.05, 0.1) is 0 Å². The summed E-state index contributed by atoms with van der Waals surface area (Å²) in [6, 6.07) is 9.39. The predicted octanol–water partition coefficient (Wildman–Crippen LogP) is 1.43. The fourth-order valence-corrected chi connectivity index (χ4v) is 3.78. The molecule has 22 heavy (non-hydrogen) atoms. The van der Waals surface area contributed by atoms with Crippen molar-refractivity contribution in [2.45, 2.75) is 25.0 Å². The maximum atomic E-state index is 12.2. The quantitative estimate of drug-likeness (QED) is 0.920. The van der Waals surface area contributed by atoms with E-state index in [9.17, 15) is 13.2 Å². The van der Waals surface area contributed by atoms with Gasteiger partial charge in [0.15, 0.2) is 0 Å². The zero-order valence-corrected chi connectivity index (χ0v) is 12.7. The van der Waals surface area contributed by atoms with Gasteiger partial charge in [-0.15, -0.1) is 0 Å². The maximum Gasteiger partial charge on any atom is 0.240 e. The van der Waals surface area contributed by atoms with E-state index < -0.39 is 15.9 Å². The third-order valence-corrected chi connectivity index (χ3v) is 4.99. The van der Waals surface area contributed by atoms with E-state index in [2.05, 4.69) is 14.4 Å². The van der Waals surface area contributed by atoms with Gasteiger partial charge in [-0.25, -0.2) is 8.42 Å². The number of nitrogens with one attached hydrogen (secondary N) is 1. The first kappa shape index (κ1) is 14.8. The van der Waals surface area contributed by atoms with E-state index >= 15 is 0 Å². The van der Waals surface area contributed by atoms with Crippen LogP contribution < -0.4 is 4.72 Å². The molecule has 1 aliphatic rings. The van der Waals surface area contributed by atoms with E-state index in [0.29, 0.717) is 12.8 Å². The molecular formula is C15H16N2O4S. The summed E-state index contributed by atoms with van der Waals surface area (Å²) in [5, 5.41) is 3.55. The van der Waals surface area contributed by atoms with E-state index in [1.165, 1.54) is 17.9 Å². The molecule has 1 unspecified atom stereocenters. The van der Waals surface area contributed by atoms with Crippen LogP contribution in [0.25, 0.3) is 0 Å². The lowest BCUT2D eigenvalue weighted by Crippen LogP contribution is -2.38. The molecule has 116 valence electrons. The van der Waals surface area contributed by atoms with Gasteiger partial charge in [0.25, 0.3) is 0 Å². The third-order valence-electron chi connectivity index (χ3n) is 3.80. The SMILES string of the molecule is O=C(NS(=O)(=O)Cc1ccon1)C1CCc2ccccc2C1. The molecule has 0 bridgehead atoms. The first-order valence-electron chi connectivity index (χ1n) is 7.04. The van der Waals surface area contributed by atoms with Crippen LogP contribution in [0.5, 0.6) is 0 Å². The average molecular weight is 320 g/mol. The summed E-state index contributed by atoms with van der Waals surface area (Å²) >= 11 is 0. The lowest BCUT2D eigenvalue weighted by molar-refractivity contribution is -0.123. The zero-order valence-electron chi connectivity index (χ0n) is 11.9. The molecule has 3 rings (SSSR count). The first-order valence-corrected chi connectivity index (χ1v) is 8.69. The number of carbonyl (C=O) groups is 1. The molecule has 0 spiro atoms. The van der Waals surface area contributed by atoms with Crippen LogP contribution in [-0.4, -0.2) is 19.5 Å². The van der Waals surface area contributed by atoms with Crippen molar-refractivity contribution in [3.63, 3.8) is 0 Å². The van der Waals surface area contributed by atoms with Crippen LogP contribution in [0, 0.1) is 5.92 Å². The minimum absolute atomic E-state index is 0.272. The zero-order chi connectivity index (χ0) is 15.6. The van der Waals surface area contributed by atoms with Gasteiger partial charge in [-0.05, 0) is 30.4 Å². The highest BCUT2D eigenvalue weighted by Crippen LogP contribution is 2.25. The molecule has 0 saturated heterocycles. The van der Waals surface area contributed by atoms with Gasteiger partial charge < -0.3 is 4.52 Å². The number of benzene rings is 1. The molecule has 1 N–H and O–H groups in total. The number of hydrogen-bond acceptors (Lipinski definition) is 5. The predicted molar refractivity (Wildman–Crippen MR) is 79.2 cm³/mol. The monoisotopic (exact) mass is 320 g/mol. The highest BCUT2D eigenvalue weighted by Gasteiger charge is 2.27. The molecule has 0 aliphatic heterocycles. The number of fused-ring (bicyclic) bond motifs is 1. The fraction of sp³-hybridized carbons (Fsp3) is 0.333. The van der Waals surface area contributed by atoms with Crippen LogP contribution in [0.15, 0.2) is 41.1 Å². The van der Waals surface area contributed by atoms with Crippen molar-refractivity contribution >= 4 is 15.9 Å².